The molecule has 0 saturated carbocycles. The molecule has 2 aliphatic heterocycles. The standard InChI is InChI=1S/C20H32N4O2.HI/c1-3-21-20(22-10-8-17-6-4-5-7-19(17)25-2)24-11-9-18(16-24)23-12-14-26-15-13-23;/h4-7,18H,3,8-16H2,1-2H3,(H,21,22);1H. The highest BCUT2D eigenvalue weighted by Gasteiger charge is 2.30. The van der Waals surface area contributed by atoms with E-state index in [0.717, 1.165) is 70.6 Å². The minimum Gasteiger partial charge on any atom is -0.496 e. The highest BCUT2D eigenvalue weighted by atomic mass is 127. The molecule has 0 spiro atoms. The first kappa shape index (κ1) is 22.2. The van der Waals surface area contributed by atoms with Crippen LogP contribution in [0, 0.1) is 0 Å². The van der Waals surface area contributed by atoms with Gasteiger partial charge in [0.2, 0.25) is 0 Å². The number of hydrogen-bond acceptors (Lipinski definition) is 4. The van der Waals surface area contributed by atoms with Gasteiger partial charge in [-0.15, -0.1) is 24.0 Å². The second-order valence-electron chi connectivity index (χ2n) is 6.83. The summed E-state index contributed by atoms with van der Waals surface area (Å²) in [5.74, 6) is 1.99. The number of likely N-dealkylation sites (tertiary alicyclic amines) is 1. The Labute approximate surface area is 180 Å². The average molecular weight is 488 g/mol. The Balaban J connectivity index is 0.00000261. The Morgan fingerprint density at radius 3 is 2.78 bits per heavy atom. The third kappa shape index (κ3) is 6.22. The predicted molar refractivity (Wildman–Crippen MR) is 120 cm³/mol. The third-order valence-electron chi connectivity index (χ3n) is 5.20. The van der Waals surface area contributed by atoms with Gasteiger partial charge in [-0.05, 0) is 31.4 Å². The first-order valence-corrected chi connectivity index (χ1v) is 9.78. The van der Waals surface area contributed by atoms with E-state index in [4.69, 9.17) is 14.5 Å². The van der Waals surface area contributed by atoms with E-state index in [9.17, 15) is 0 Å². The molecule has 2 heterocycles. The molecule has 2 saturated heterocycles. The van der Waals surface area contributed by atoms with E-state index >= 15 is 0 Å². The van der Waals surface area contributed by atoms with E-state index in [1.165, 1.54) is 12.0 Å². The fourth-order valence-corrected chi connectivity index (χ4v) is 3.79. The van der Waals surface area contributed by atoms with E-state index < -0.39 is 0 Å². The molecule has 1 unspecified atom stereocenters. The number of aliphatic imine (C=N–C) groups is 1. The molecular formula is C20H33IN4O2. The lowest BCUT2D eigenvalue weighted by molar-refractivity contribution is 0.0195. The molecule has 27 heavy (non-hydrogen) atoms. The molecule has 152 valence electrons. The van der Waals surface area contributed by atoms with Crippen molar-refractivity contribution in [2.75, 3.05) is 59.6 Å². The van der Waals surface area contributed by atoms with Crippen molar-refractivity contribution in [3.8, 4) is 5.75 Å². The number of guanidine groups is 1. The lowest BCUT2D eigenvalue weighted by atomic mass is 10.1. The molecule has 0 aromatic heterocycles. The Morgan fingerprint density at radius 2 is 2.04 bits per heavy atom. The normalized spacial score (nSPS) is 21.0. The van der Waals surface area contributed by atoms with Gasteiger partial charge in [0.1, 0.15) is 5.75 Å². The number of benzene rings is 1. The summed E-state index contributed by atoms with van der Waals surface area (Å²) in [5.41, 5.74) is 1.21. The number of rotatable bonds is 6. The molecule has 1 aromatic carbocycles. The van der Waals surface area contributed by atoms with Crippen LogP contribution in [-0.4, -0.2) is 81.4 Å². The fraction of sp³-hybridized carbons (Fsp3) is 0.650. The number of ether oxygens (including phenoxy) is 2. The summed E-state index contributed by atoms with van der Waals surface area (Å²) < 4.78 is 10.9. The highest BCUT2D eigenvalue weighted by Crippen LogP contribution is 2.19. The molecule has 6 nitrogen and oxygen atoms in total. The second kappa shape index (κ2) is 11.7. The van der Waals surface area contributed by atoms with Crippen molar-refractivity contribution in [3.05, 3.63) is 29.8 Å². The van der Waals surface area contributed by atoms with Crippen molar-refractivity contribution in [2.24, 2.45) is 4.99 Å². The summed E-state index contributed by atoms with van der Waals surface area (Å²) >= 11 is 0. The summed E-state index contributed by atoms with van der Waals surface area (Å²) in [6.45, 7) is 9.76. The summed E-state index contributed by atoms with van der Waals surface area (Å²) in [6, 6.07) is 8.81. The van der Waals surface area contributed by atoms with Crippen molar-refractivity contribution in [2.45, 2.75) is 25.8 Å². The Kier molecular flexibility index (Phi) is 9.64. The van der Waals surface area contributed by atoms with Crippen molar-refractivity contribution in [1.82, 2.24) is 15.1 Å². The van der Waals surface area contributed by atoms with Crippen LogP contribution in [0.3, 0.4) is 0 Å². The van der Waals surface area contributed by atoms with Crippen LogP contribution in [0.15, 0.2) is 29.3 Å². The second-order valence-corrected chi connectivity index (χ2v) is 6.83. The van der Waals surface area contributed by atoms with Gasteiger partial charge in [-0.1, -0.05) is 18.2 Å². The predicted octanol–water partition coefficient (Wildman–Crippen LogP) is 2.23. The van der Waals surface area contributed by atoms with Crippen LogP contribution in [-0.2, 0) is 11.2 Å². The summed E-state index contributed by atoms with van der Waals surface area (Å²) in [5, 5.41) is 3.46. The number of nitrogens with one attached hydrogen (secondary N) is 1. The van der Waals surface area contributed by atoms with Crippen LogP contribution in [0.1, 0.15) is 18.9 Å². The maximum Gasteiger partial charge on any atom is 0.193 e. The molecule has 0 bridgehead atoms. The van der Waals surface area contributed by atoms with Crippen LogP contribution >= 0.6 is 24.0 Å². The zero-order valence-electron chi connectivity index (χ0n) is 16.5. The minimum atomic E-state index is 0. The Bertz CT molecular complexity index is 593. The monoisotopic (exact) mass is 488 g/mol. The van der Waals surface area contributed by atoms with Crippen LogP contribution in [0.25, 0.3) is 0 Å². The van der Waals surface area contributed by atoms with Gasteiger partial charge in [-0.2, -0.15) is 0 Å². The Morgan fingerprint density at radius 1 is 1.26 bits per heavy atom. The number of para-hydroxylation sites is 1. The number of morpholine rings is 1. The van der Waals surface area contributed by atoms with E-state index in [0.29, 0.717) is 6.04 Å². The van der Waals surface area contributed by atoms with E-state index in [1.807, 2.05) is 12.1 Å². The smallest absolute Gasteiger partial charge is 0.193 e. The molecule has 0 amide bonds. The van der Waals surface area contributed by atoms with Crippen LogP contribution in [0.5, 0.6) is 5.75 Å². The molecule has 1 N–H and O–H groups in total. The first-order valence-electron chi connectivity index (χ1n) is 9.78. The van der Waals surface area contributed by atoms with E-state index in [2.05, 4.69) is 34.2 Å². The SMILES string of the molecule is CCNC(=NCCc1ccccc1OC)N1CCC(N2CCOCC2)C1.I. The van der Waals surface area contributed by atoms with E-state index in [-0.39, 0.29) is 24.0 Å². The van der Waals surface area contributed by atoms with Gasteiger partial charge in [0, 0.05) is 45.3 Å². The fourth-order valence-electron chi connectivity index (χ4n) is 3.79. The Hall–Kier alpha value is -1.06. The maximum atomic E-state index is 5.48. The molecule has 0 radical (unpaired) electrons. The molecule has 0 aliphatic carbocycles. The number of methoxy groups -OCH3 is 1. The van der Waals surface area contributed by atoms with Gasteiger partial charge >= 0.3 is 0 Å². The molecule has 2 fully saturated rings. The maximum absolute atomic E-state index is 5.48. The quantitative estimate of drug-likeness (QED) is 0.378. The molecular weight excluding hydrogens is 455 g/mol. The average Bonchev–Trinajstić information content (AvgIpc) is 3.18. The van der Waals surface area contributed by atoms with Gasteiger partial charge < -0.3 is 19.7 Å². The largest absolute Gasteiger partial charge is 0.496 e. The molecule has 1 aromatic rings. The lowest BCUT2D eigenvalue weighted by Gasteiger charge is -2.32. The number of hydrogen-bond donors (Lipinski definition) is 1. The molecule has 7 heteroatoms. The number of nitrogens with zero attached hydrogens (tertiary/aromatic N) is 3. The van der Waals surface area contributed by atoms with Crippen molar-refractivity contribution in [3.63, 3.8) is 0 Å². The first-order chi connectivity index (χ1) is 12.8. The van der Waals surface area contributed by atoms with E-state index in [1.54, 1.807) is 7.11 Å². The van der Waals surface area contributed by atoms with Gasteiger partial charge in [0.25, 0.3) is 0 Å². The lowest BCUT2D eigenvalue weighted by Crippen LogP contribution is -2.46. The third-order valence-corrected chi connectivity index (χ3v) is 5.20. The van der Waals surface area contributed by atoms with Crippen LogP contribution in [0.2, 0.25) is 0 Å². The van der Waals surface area contributed by atoms with Gasteiger partial charge in [0.15, 0.2) is 5.96 Å². The van der Waals surface area contributed by atoms with Crippen molar-refractivity contribution < 1.29 is 9.47 Å². The highest BCUT2D eigenvalue weighted by molar-refractivity contribution is 14.0. The van der Waals surface area contributed by atoms with Crippen molar-refractivity contribution >= 4 is 29.9 Å². The molecule has 2 aliphatic rings. The number of halogens is 1. The van der Waals surface area contributed by atoms with Gasteiger partial charge in [0.05, 0.1) is 20.3 Å². The van der Waals surface area contributed by atoms with Crippen molar-refractivity contribution in [1.29, 1.82) is 0 Å². The summed E-state index contributed by atoms with van der Waals surface area (Å²) in [6.07, 6.45) is 2.09. The van der Waals surface area contributed by atoms with Gasteiger partial charge in [-0.3, -0.25) is 9.89 Å². The molecule has 1 atom stereocenters. The minimum absolute atomic E-state index is 0. The zero-order chi connectivity index (χ0) is 18.2. The van der Waals surface area contributed by atoms with Gasteiger partial charge in [-0.25, -0.2) is 0 Å². The molecule has 3 rings (SSSR count). The topological polar surface area (TPSA) is 49.3 Å². The zero-order valence-corrected chi connectivity index (χ0v) is 18.9. The summed E-state index contributed by atoms with van der Waals surface area (Å²) in [7, 11) is 1.72. The summed E-state index contributed by atoms with van der Waals surface area (Å²) in [4.78, 5) is 9.86. The van der Waals surface area contributed by atoms with Crippen LogP contribution in [0.4, 0.5) is 0 Å². The van der Waals surface area contributed by atoms with Crippen LogP contribution < -0.4 is 10.1 Å².